The molecule has 0 unspecified atom stereocenters. The summed E-state index contributed by atoms with van der Waals surface area (Å²) in [4.78, 5) is 9.15. The highest BCUT2D eigenvalue weighted by Crippen LogP contribution is 2.33. The molecule has 3 aromatic rings. The lowest BCUT2D eigenvalue weighted by Gasteiger charge is -2.12. The van der Waals surface area contributed by atoms with Crippen LogP contribution in [0.15, 0.2) is 28.7 Å². The Morgan fingerprint density at radius 1 is 1.39 bits per heavy atom. The van der Waals surface area contributed by atoms with Crippen LogP contribution in [0.3, 0.4) is 0 Å². The van der Waals surface area contributed by atoms with Crippen LogP contribution < -0.4 is 9.62 Å². The normalized spacial score (nSPS) is 16.8. The molecule has 2 aromatic heterocycles. The number of hydrogen-bond acceptors (Lipinski definition) is 7. The predicted octanol–water partition coefficient (Wildman–Crippen LogP) is 2.96. The Labute approximate surface area is 166 Å². The number of thiazole rings is 1. The van der Waals surface area contributed by atoms with E-state index in [0.29, 0.717) is 40.4 Å². The van der Waals surface area contributed by atoms with Crippen molar-refractivity contribution in [3.05, 3.63) is 35.7 Å². The predicted molar refractivity (Wildman–Crippen MR) is 107 cm³/mol. The van der Waals surface area contributed by atoms with E-state index < -0.39 is 10.0 Å². The van der Waals surface area contributed by atoms with Crippen LogP contribution in [0.1, 0.15) is 17.5 Å². The topological polar surface area (TPSA) is 126 Å². The summed E-state index contributed by atoms with van der Waals surface area (Å²) in [5, 5.41) is 19.6. The van der Waals surface area contributed by atoms with Crippen molar-refractivity contribution >= 4 is 43.1 Å². The van der Waals surface area contributed by atoms with Gasteiger partial charge in [0, 0.05) is 24.7 Å². The first-order valence-electron chi connectivity index (χ1n) is 8.57. The van der Waals surface area contributed by atoms with Gasteiger partial charge in [0.25, 0.3) is 10.0 Å². The summed E-state index contributed by atoms with van der Waals surface area (Å²) in [6, 6.07) is 7.80. The van der Waals surface area contributed by atoms with Crippen LogP contribution in [0.2, 0.25) is 0 Å². The molecule has 1 saturated heterocycles. The van der Waals surface area contributed by atoms with E-state index in [1.165, 1.54) is 6.20 Å². The minimum atomic E-state index is -3.83. The molecule has 1 fully saturated rings. The Bertz CT molecular complexity index is 1250. The van der Waals surface area contributed by atoms with E-state index in [2.05, 4.69) is 26.8 Å². The summed E-state index contributed by atoms with van der Waals surface area (Å²) in [6.45, 7) is 3.13. The van der Waals surface area contributed by atoms with E-state index in [0.717, 1.165) is 23.3 Å². The third kappa shape index (κ3) is 3.07. The first-order valence-corrected chi connectivity index (χ1v) is 10.9. The van der Waals surface area contributed by atoms with Gasteiger partial charge in [-0.15, -0.1) is 0 Å². The number of benzene rings is 1. The van der Waals surface area contributed by atoms with E-state index >= 15 is 0 Å². The summed E-state index contributed by atoms with van der Waals surface area (Å²) >= 11 is 1.08. The van der Waals surface area contributed by atoms with Crippen molar-refractivity contribution in [3.8, 4) is 12.1 Å². The number of sulfonamides is 1. The zero-order valence-corrected chi connectivity index (χ0v) is 16.6. The Kier molecular flexibility index (Phi) is 4.46. The second-order valence-electron chi connectivity index (χ2n) is 6.62. The minimum absolute atomic E-state index is 0.0508. The van der Waals surface area contributed by atoms with Gasteiger partial charge in [-0.05, 0) is 25.0 Å². The zero-order valence-electron chi connectivity index (χ0n) is 14.9. The maximum absolute atomic E-state index is 12.9. The number of fused-ring (bicyclic) bond motifs is 1. The number of aromatic nitrogens is 2. The molecule has 8 nitrogen and oxygen atoms in total. The van der Waals surface area contributed by atoms with Gasteiger partial charge in [0.2, 0.25) is 0 Å². The first-order chi connectivity index (χ1) is 13.4. The molecule has 4 rings (SSSR count). The van der Waals surface area contributed by atoms with Crippen LogP contribution in [0.5, 0.6) is 0 Å². The minimum Gasteiger partial charge on any atom is -0.358 e. The molecule has 0 aliphatic carbocycles. The standard InChI is InChI=1S/C18H16N6O2S2/c1-11-2-3-14(17-16(11)13(7-20)8-21-17)23-28(25,26)15-9-22-18(27-15)24-5-4-12(6-19)10-24/h2-3,8-9,12,21,23H,4-5,10H2,1H3/t12-/m0/s1. The molecule has 28 heavy (non-hydrogen) atoms. The SMILES string of the molecule is Cc1ccc(NS(=O)(=O)c2cnc(N3CC[C@@H](C#N)C3)s2)c2[nH]cc(C#N)c12. The summed E-state index contributed by atoms with van der Waals surface area (Å²) < 4.78 is 28.4. The van der Waals surface area contributed by atoms with Gasteiger partial charge in [0.05, 0.1) is 35.0 Å². The van der Waals surface area contributed by atoms with Crippen molar-refractivity contribution in [1.29, 1.82) is 10.5 Å². The second-order valence-corrected chi connectivity index (χ2v) is 9.54. The molecule has 142 valence electrons. The number of nitrogens with zero attached hydrogens (tertiary/aromatic N) is 4. The molecule has 2 N–H and O–H groups in total. The lowest BCUT2D eigenvalue weighted by Crippen LogP contribution is -2.18. The lowest BCUT2D eigenvalue weighted by molar-refractivity contribution is 0.603. The molecule has 0 amide bonds. The fraction of sp³-hybridized carbons (Fsp3) is 0.278. The number of rotatable bonds is 4. The number of anilines is 2. The second kappa shape index (κ2) is 6.82. The van der Waals surface area contributed by atoms with Crippen molar-refractivity contribution in [2.75, 3.05) is 22.7 Å². The van der Waals surface area contributed by atoms with E-state index in [-0.39, 0.29) is 10.1 Å². The molecule has 1 atom stereocenters. The van der Waals surface area contributed by atoms with Crippen molar-refractivity contribution in [1.82, 2.24) is 9.97 Å². The molecule has 0 spiro atoms. The number of nitriles is 2. The van der Waals surface area contributed by atoms with Gasteiger partial charge in [-0.25, -0.2) is 13.4 Å². The zero-order chi connectivity index (χ0) is 19.9. The van der Waals surface area contributed by atoms with Crippen LogP contribution in [0.25, 0.3) is 10.9 Å². The highest BCUT2D eigenvalue weighted by Gasteiger charge is 2.27. The molecule has 10 heteroatoms. The van der Waals surface area contributed by atoms with Gasteiger partial charge < -0.3 is 9.88 Å². The highest BCUT2D eigenvalue weighted by atomic mass is 32.2. The van der Waals surface area contributed by atoms with Crippen molar-refractivity contribution in [2.24, 2.45) is 5.92 Å². The largest absolute Gasteiger partial charge is 0.358 e. The molecule has 1 aromatic carbocycles. The summed E-state index contributed by atoms with van der Waals surface area (Å²) in [6.07, 6.45) is 3.66. The molecular formula is C18H16N6O2S2. The van der Waals surface area contributed by atoms with Crippen molar-refractivity contribution < 1.29 is 8.42 Å². The van der Waals surface area contributed by atoms with Crippen LogP contribution in [0, 0.1) is 35.5 Å². The Balaban J connectivity index is 1.64. The van der Waals surface area contributed by atoms with Gasteiger partial charge in [-0.1, -0.05) is 17.4 Å². The van der Waals surface area contributed by atoms with Gasteiger partial charge in [-0.3, -0.25) is 4.72 Å². The van der Waals surface area contributed by atoms with Crippen LogP contribution in [-0.4, -0.2) is 31.5 Å². The molecule has 0 bridgehead atoms. The molecule has 1 aliphatic heterocycles. The van der Waals surface area contributed by atoms with E-state index in [1.807, 2.05) is 11.8 Å². The van der Waals surface area contributed by atoms with E-state index in [4.69, 9.17) is 5.26 Å². The highest BCUT2D eigenvalue weighted by molar-refractivity contribution is 7.94. The van der Waals surface area contributed by atoms with E-state index in [1.54, 1.807) is 18.3 Å². The third-order valence-electron chi connectivity index (χ3n) is 4.79. The number of hydrogen-bond donors (Lipinski definition) is 2. The molecule has 3 heterocycles. The maximum atomic E-state index is 12.9. The molecule has 0 saturated carbocycles. The average molecular weight is 413 g/mol. The Hall–Kier alpha value is -3.08. The summed E-state index contributed by atoms with van der Waals surface area (Å²) in [5.74, 6) is -0.0508. The number of aromatic amines is 1. The molecular weight excluding hydrogens is 396 g/mol. The van der Waals surface area contributed by atoms with Crippen molar-refractivity contribution in [3.63, 3.8) is 0 Å². The fourth-order valence-corrected chi connectivity index (χ4v) is 5.57. The number of H-pyrrole nitrogens is 1. The van der Waals surface area contributed by atoms with Crippen molar-refractivity contribution in [2.45, 2.75) is 17.6 Å². The maximum Gasteiger partial charge on any atom is 0.273 e. The fourth-order valence-electron chi connectivity index (χ4n) is 3.35. The van der Waals surface area contributed by atoms with Crippen LogP contribution in [-0.2, 0) is 10.0 Å². The number of aryl methyl sites for hydroxylation is 1. The first kappa shape index (κ1) is 18.3. The third-order valence-corrected chi connectivity index (χ3v) is 7.67. The lowest BCUT2D eigenvalue weighted by atomic mass is 10.1. The van der Waals surface area contributed by atoms with Gasteiger partial charge in [0.15, 0.2) is 9.34 Å². The number of nitrogens with one attached hydrogen (secondary N) is 2. The Morgan fingerprint density at radius 3 is 2.93 bits per heavy atom. The monoisotopic (exact) mass is 412 g/mol. The average Bonchev–Trinajstić information content (AvgIpc) is 3.42. The quantitative estimate of drug-likeness (QED) is 0.678. The van der Waals surface area contributed by atoms with Gasteiger partial charge >= 0.3 is 0 Å². The van der Waals surface area contributed by atoms with Crippen LogP contribution >= 0.6 is 11.3 Å². The molecule has 1 aliphatic rings. The summed E-state index contributed by atoms with van der Waals surface area (Å²) in [5.41, 5.74) is 2.30. The van der Waals surface area contributed by atoms with Gasteiger partial charge in [-0.2, -0.15) is 10.5 Å². The smallest absolute Gasteiger partial charge is 0.273 e. The summed E-state index contributed by atoms with van der Waals surface area (Å²) in [7, 11) is -3.83. The Morgan fingerprint density at radius 2 is 2.21 bits per heavy atom. The van der Waals surface area contributed by atoms with Crippen LogP contribution in [0.4, 0.5) is 10.8 Å². The van der Waals surface area contributed by atoms with E-state index in [9.17, 15) is 13.7 Å². The van der Waals surface area contributed by atoms with Gasteiger partial charge in [0.1, 0.15) is 6.07 Å². The molecule has 0 radical (unpaired) electrons.